The molecular weight excluding hydrogens is 350 g/mol. The number of hydrogen-bond donors (Lipinski definition) is 3. The van der Waals surface area contributed by atoms with Gasteiger partial charge in [0.2, 0.25) is 20.0 Å². The number of rotatable bonds is 6. The van der Waals surface area contributed by atoms with Crippen molar-refractivity contribution in [3.63, 3.8) is 0 Å². The van der Waals surface area contributed by atoms with E-state index in [4.69, 9.17) is 5.14 Å². The van der Waals surface area contributed by atoms with Crippen molar-refractivity contribution in [3.05, 3.63) is 24.3 Å². The lowest BCUT2D eigenvalue weighted by atomic mass is 10.1. The van der Waals surface area contributed by atoms with E-state index in [0.29, 0.717) is 12.5 Å². The number of nitrogens with two attached hydrogens (primary N) is 1. The highest BCUT2D eigenvalue weighted by molar-refractivity contribution is 7.90. The molecule has 1 unspecified atom stereocenters. The molecule has 0 bridgehead atoms. The molecule has 0 aliphatic carbocycles. The Morgan fingerprint density at radius 2 is 1.91 bits per heavy atom. The van der Waals surface area contributed by atoms with Crippen molar-refractivity contribution in [1.29, 1.82) is 0 Å². The molecule has 1 atom stereocenters. The summed E-state index contributed by atoms with van der Waals surface area (Å²) in [4.78, 5) is -0.316. The lowest BCUT2D eigenvalue weighted by Crippen LogP contribution is -2.27. The Labute approximate surface area is 137 Å². The van der Waals surface area contributed by atoms with Gasteiger partial charge in [0, 0.05) is 6.54 Å². The molecule has 0 amide bonds. The summed E-state index contributed by atoms with van der Waals surface area (Å²) in [7, 11) is -7.64. The summed E-state index contributed by atoms with van der Waals surface area (Å²) in [6.07, 6.45) is 1.80. The Morgan fingerprint density at radius 1 is 1.23 bits per heavy atom. The molecule has 1 aromatic carbocycles. The molecule has 0 spiro atoms. The topological polar surface area (TPSA) is 118 Å². The van der Waals surface area contributed by atoms with Crippen LogP contribution in [0, 0.1) is 5.92 Å². The van der Waals surface area contributed by atoms with Crippen LogP contribution in [0.15, 0.2) is 34.1 Å². The minimum Gasteiger partial charge on any atom is -0.316 e. The first-order valence-electron chi connectivity index (χ1n) is 6.62. The Balaban J connectivity index is 0.00000242. The molecule has 7 nitrogen and oxygen atoms in total. The van der Waals surface area contributed by atoms with E-state index >= 15 is 0 Å². The third kappa shape index (κ3) is 5.18. The van der Waals surface area contributed by atoms with Gasteiger partial charge < -0.3 is 5.32 Å². The lowest BCUT2D eigenvalue weighted by Gasteiger charge is -2.10. The molecule has 2 rings (SSSR count). The Kier molecular flexibility index (Phi) is 6.78. The summed E-state index contributed by atoms with van der Waals surface area (Å²) in [5.41, 5.74) is 0. The maximum absolute atomic E-state index is 12.1. The number of primary sulfonamides is 1. The molecule has 1 heterocycles. The Bertz CT molecular complexity index is 701. The van der Waals surface area contributed by atoms with E-state index < -0.39 is 20.0 Å². The van der Waals surface area contributed by atoms with Crippen LogP contribution in [-0.2, 0) is 20.0 Å². The van der Waals surface area contributed by atoms with Crippen molar-refractivity contribution in [3.8, 4) is 0 Å². The first-order chi connectivity index (χ1) is 9.79. The summed E-state index contributed by atoms with van der Waals surface area (Å²) in [6.45, 7) is 2.20. The fourth-order valence-corrected chi connectivity index (χ4v) is 3.99. The molecule has 0 radical (unpaired) electrons. The molecule has 22 heavy (non-hydrogen) atoms. The second-order valence-electron chi connectivity index (χ2n) is 5.07. The van der Waals surface area contributed by atoms with Crippen LogP contribution in [0.25, 0.3) is 0 Å². The van der Waals surface area contributed by atoms with Crippen molar-refractivity contribution in [2.45, 2.75) is 22.6 Å². The van der Waals surface area contributed by atoms with Gasteiger partial charge in [0.1, 0.15) is 0 Å². The zero-order valence-corrected chi connectivity index (χ0v) is 14.3. The minimum atomic E-state index is -3.92. The molecule has 10 heteroatoms. The molecule has 0 aromatic heterocycles. The van der Waals surface area contributed by atoms with Gasteiger partial charge in [0.05, 0.1) is 9.79 Å². The molecule has 1 aromatic rings. The van der Waals surface area contributed by atoms with Crippen LogP contribution in [0.1, 0.15) is 12.8 Å². The highest BCUT2D eigenvalue weighted by Gasteiger charge is 2.19. The average Bonchev–Trinajstić information content (AvgIpc) is 2.91. The maximum Gasteiger partial charge on any atom is 0.240 e. The first kappa shape index (κ1) is 19.3. The smallest absolute Gasteiger partial charge is 0.240 e. The van der Waals surface area contributed by atoms with E-state index in [1.807, 2.05) is 0 Å². The predicted molar refractivity (Wildman–Crippen MR) is 85.8 cm³/mol. The second kappa shape index (κ2) is 7.71. The molecule has 4 N–H and O–H groups in total. The predicted octanol–water partition coefficient (Wildman–Crippen LogP) is 0.0337. The monoisotopic (exact) mass is 369 g/mol. The summed E-state index contributed by atoms with van der Waals surface area (Å²) < 4.78 is 49.2. The average molecular weight is 370 g/mol. The van der Waals surface area contributed by atoms with Crippen LogP contribution in [0.4, 0.5) is 0 Å². The van der Waals surface area contributed by atoms with Gasteiger partial charge in [0.15, 0.2) is 0 Å². The van der Waals surface area contributed by atoms with Crippen LogP contribution in [0.3, 0.4) is 0 Å². The van der Waals surface area contributed by atoms with Crippen LogP contribution in [0.5, 0.6) is 0 Å². The lowest BCUT2D eigenvalue weighted by molar-refractivity contribution is 0.519. The van der Waals surface area contributed by atoms with E-state index in [1.165, 1.54) is 18.2 Å². The van der Waals surface area contributed by atoms with E-state index in [-0.39, 0.29) is 22.2 Å². The van der Waals surface area contributed by atoms with Gasteiger partial charge in [-0.25, -0.2) is 26.7 Å². The van der Waals surface area contributed by atoms with E-state index in [1.54, 1.807) is 0 Å². The standard InChI is InChI=1S/C12H19N3O4S2.ClH/c13-20(16,17)11-2-1-3-12(8-11)21(18,19)15-7-5-10-4-6-14-9-10;/h1-3,8,10,14-15H,4-7,9H2,(H2,13,16,17);1H. The largest absolute Gasteiger partial charge is 0.316 e. The number of halogens is 1. The SMILES string of the molecule is Cl.NS(=O)(=O)c1cccc(S(=O)(=O)NCCC2CCNC2)c1. The van der Waals surface area contributed by atoms with Gasteiger partial charge >= 0.3 is 0 Å². The number of benzene rings is 1. The van der Waals surface area contributed by atoms with Gasteiger partial charge in [-0.15, -0.1) is 12.4 Å². The maximum atomic E-state index is 12.1. The van der Waals surface area contributed by atoms with Gasteiger partial charge in [-0.05, 0) is 50.0 Å². The molecule has 126 valence electrons. The zero-order chi connectivity index (χ0) is 15.5. The number of nitrogens with one attached hydrogen (secondary N) is 2. The van der Waals surface area contributed by atoms with Crippen molar-refractivity contribution in [1.82, 2.24) is 10.0 Å². The van der Waals surface area contributed by atoms with Gasteiger partial charge in [0.25, 0.3) is 0 Å². The van der Waals surface area contributed by atoms with E-state index in [2.05, 4.69) is 10.0 Å². The molecule has 1 fully saturated rings. The van der Waals surface area contributed by atoms with Crippen molar-refractivity contribution < 1.29 is 16.8 Å². The molecule has 1 aliphatic heterocycles. The van der Waals surface area contributed by atoms with Crippen LogP contribution < -0.4 is 15.2 Å². The third-order valence-corrected chi connectivity index (χ3v) is 5.82. The summed E-state index contributed by atoms with van der Waals surface area (Å²) in [5.74, 6) is 0.475. The van der Waals surface area contributed by atoms with Crippen LogP contribution >= 0.6 is 12.4 Å². The Morgan fingerprint density at radius 3 is 2.50 bits per heavy atom. The summed E-state index contributed by atoms with van der Waals surface area (Å²) in [5, 5.41) is 8.22. The van der Waals surface area contributed by atoms with Crippen molar-refractivity contribution in [2.75, 3.05) is 19.6 Å². The normalized spacial score (nSPS) is 18.9. The van der Waals surface area contributed by atoms with Gasteiger partial charge in [-0.2, -0.15) is 0 Å². The second-order valence-corrected chi connectivity index (χ2v) is 8.39. The van der Waals surface area contributed by atoms with E-state index in [0.717, 1.165) is 32.0 Å². The first-order valence-corrected chi connectivity index (χ1v) is 9.65. The summed E-state index contributed by atoms with van der Waals surface area (Å²) in [6, 6.07) is 5.02. The molecule has 1 aliphatic rings. The number of hydrogen-bond acceptors (Lipinski definition) is 5. The minimum absolute atomic E-state index is 0. The molecule has 1 saturated heterocycles. The molecule has 0 saturated carbocycles. The van der Waals surface area contributed by atoms with Crippen molar-refractivity contribution in [2.24, 2.45) is 11.1 Å². The van der Waals surface area contributed by atoms with Crippen molar-refractivity contribution >= 4 is 32.5 Å². The van der Waals surface area contributed by atoms with Gasteiger partial charge in [-0.1, -0.05) is 6.07 Å². The fourth-order valence-electron chi connectivity index (χ4n) is 2.26. The molecular formula is C12H20ClN3O4S2. The van der Waals surface area contributed by atoms with Gasteiger partial charge in [-0.3, -0.25) is 0 Å². The van der Waals surface area contributed by atoms with Crippen LogP contribution in [-0.4, -0.2) is 36.5 Å². The Hall–Kier alpha value is -0.710. The summed E-state index contributed by atoms with van der Waals surface area (Å²) >= 11 is 0. The highest BCUT2D eigenvalue weighted by atomic mass is 35.5. The zero-order valence-electron chi connectivity index (χ0n) is 11.9. The van der Waals surface area contributed by atoms with E-state index in [9.17, 15) is 16.8 Å². The number of sulfonamides is 2. The quantitative estimate of drug-likeness (QED) is 0.654. The highest BCUT2D eigenvalue weighted by Crippen LogP contribution is 2.15. The third-order valence-electron chi connectivity index (χ3n) is 3.45. The fraction of sp³-hybridized carbons (Fsp3) is 0.500. The van der Waals surface area contributed by atoms with Crippen LogP contribution in [0.2, 0.25) is 0 Å².